The molecule has 0 aromatic rings. The number of hydrogen-bond acceptors (Lipinski definition) is 4. The van der Waals surface area contributed by atoms with Crippen LogP contribution in [0.4, 0.5) is 13.2 Å². The van der Waals surface area contributed by atoms with Crippen LogP contribution in [0.15, 0.2) is 0 Å². The number of nitrogens with zero attached hydrogens (tertiary/aromatic N) is 2. The molecule has 2 N–H and O–H groups in total. The number of aliphatic hydroxyl groups excluding tert-OH is 1. The summed E-state index contributed by atoms with van der Waals surface area (Å²) in [4.78, 5) is 15.4. The molecule has 1 saturated heterocycles. The lowest BCUT2D eigenvalue weighted by Crippen LogP contribution is -2.43. The predicted octanol–water partition coefficient (Wildman–Crippen LogP) is 0.689. The van der Waals surface area contributed by atoms with E-state index in [0.29, 0.717) is 19.0 Å². The van der Waals surface area contributed by atoms with Crippen molar-refractivity contribution in [2.75, 3.05) is 46.3 Å². The van der Waals surface area contributed by atoms with Crippen LogP contribution in [-0.2, 0) is 4.79 Å². The third-order valence-electron chi connectivity index (χ3n) is 3.70. The van der Waals surface area contributed by atoms with Crippen LogP contribution in [0.3, 0.4) is 0 Å². The van der Waals surface area contributed by atoms with E-state index in [4.69, 9.17) is 0 Å². The van der Waals surface area contributed by atoms with Gasteiger partial charge in [-0.15, -0.1) is 0 Å². The Kier molecular flexibility index (Phi) is 7.58. The van der Waals surface area contributed by atoms with E-state index in [1.165, 1.54) is 0 Å². The Morgan fingerprint density at radius 2 is 2.00 bits per heavy atom. The van der Waals surface area contributed by atoms with Gasteiger partial charge < -0.3 is 15.3 Å². The Bertz CT molecular complexity index is 343. The molecule has 0 radical (unpaired) electrons. The van der Waals surface area contributed by atoms with E-state index in [9.17, 15) is 23.1 Å². The number of carbonyl (C=O) groups excluding carboxylic acids is 1. The summed E-state index contributed by atoms with van der Waals surface area (Å²) in [6.07, 6.45) is -2.76. The summed E-state index contributed by atoms with van der Waals surface area (Å²) in [5.74, 6) is -0.169. The largest absolute Gasteiger partial charge is 0.405 e. The molecule has 1 atom stereocenters. The molecule has 5 nitrogen and oxygen atoms in total. The maximum atomic E-state index is 12.0. The fourth-order valence-electron chi connectivity index (χ4n) is 2.73. The third kappa shape index (κ3) is 8.55. The number of likely N-dealkylation sites (N-methyl/N-ethyl adjacent to an activating group) is 1. The zero-order valence-corrected chi connectivity index (χ0v) is 13.2. The minimum absolute atomic E-state index is 0.0238. The lowest BCUT2D eigenvalue weighted by Gasteiger charge is -2.34. The summed E-state index contributed by atoms with van der Waals surface area (Å²) >= 11 is 0. The van der Waals surface area contributed by atoms with Crippen molar-refractivity contribution >= 4 is 5.91 Å². The number of rotatable bonds is 7. The highest BCUT2D eigenvalue weighted by molar-refractivity contribution is 5.78. The van der Waals surface area contributed by atoms with E-state index < -0.39 is 18.6 Å². The minimum Gasteiger partial charge on any atom is -0.392 e. The molecule has 0 bridgehead atoms. The van der Waals surface area contributed by atoms with Crippen molar-refractivity contribution in [3.8, 4) is 0 Å². The van der Waals surface area contributed by atoms with Crippen LogP contribution < -0.4 is 5.32 Å². The number of amides is 1. The van der Waals surface area contributed by atoms with Crippen molar-refractivity contribution < 1.29 is 23.1 Å². The Morgan fingerprint density at radius 3 is 2.50 bits per heavy atom. The van der Waals surface area contributed by atoms with Crippen LogP contribution in [0.5, 0.6) is 0 Å². The average molecular weight is 325 g/mol. The number of likely N-dealkylation sites (tertiary alicyclic amines) is 1. The first kappa shape index (κ1) is 19.2. The molecule has 0 saturated carbocycles. The van der Waals surface area contributed by atoms with Gasteiger partial charge in [0.25, 0.3) is 0 Å². The Labute approximate surface area is 129 Å². The van der Waals surface area contributed by atoms with Crippen molar-refractivity contribution in [2.24, 2.45) is 5.92 Å². The number of alkyl halides is 3. The number of nitrogens with one attached hydrogen (secondary N) is 1. The van der Waals surface area contributed by atoms with Gasteiger partial charge in [-0.05, 0) is 45.8 Å². The monoisotopic (exact) mass is 325 g/mol. The van der Waals surface area contributed by atoms with Crippen molar-refractivity contribution in [2.45, 2.75) is 32.0 Å². The molecular weight excluding hydrogens is 299 g/mol. The van der Waals surface area contributed by atoms with E-state index >= 15 is 0 Å². The molecule has 1 fully saturated rings. The summed E-state index contributed by atoms with van der Waals surface area (Å²) in [5.41, 5.74) is 0. The van der Waals surface area contributed by atoms with Gasteiger partial charge in [0.15, 0.2) is 0 Å². The second kappa shape index (κ2) is 8.69. The molecule has 130 valence electrons. The first-order valence-corrected chi connectivity index (χ1v) is 7.58. The average Bonchev–Trinajstić information content (AvgIpc) is 2.37. The quantitative estimate of drug-likeness (QED) is 0.723. The Hall–Kier alpha value is -0.860. The third-order valence-corrected chi connectivity index (χ3v) is 3.70. The van der Waals surface area contributed by atoms with Crippen LogP contribution in [0, 0.1) is 5.92 Å². The normalized spacial score (nSPS) is 19.4. The second-order valence-electron chi connectivity index (χ2n) is 6.18. The second-order valence-corrected chi connectivity index (χ2v) is 6.18. The number of hydrogen-bond donors (Lipinski definition) is 2. The summed E-state index contributed by atoms with van der Waals surface area (Å²) in [6.45, 7) is 3.64. The molecule has 1 heterocycles. The maximum absolute atomic E-state index is 12.0. The number of carbonyl (C=O) groups is 1. The van der Waals surface area contributed by atoms with E-state index in [2.05, 4.69) is 4.90 Å². The molecule has 0 aromatic heterocycles. The Balaban J connectivity index is 2.20. The van der Waals surface area contributed by atoms with Crippen LogP contribution in [0.1, 0.15) is 19.8 Å². The fraction of sp³-hybridized carbons (Fsp3) is 0.929. The highest BCUT2D eigenvalue weighted by atomic mass is 19.4. The molecule has 0 aliphatic carbocycles. The van der Waals surface area contributed by atoms with Crippen molar-refractivity contribution in [3.05, 3.63) is 0 Å². The summed E-state index contributed by atoms with van der Waals surface area (Å²) in [6, 6.07) is 0. The molecule has 22 heavy (non-hydrogen) atoms. The standard InChI is InChI=1S/C14H26F3N3O2/c1-11(21)7-20-5-3-12(4-6-20)8-19(2)9-13(22)18-10-14(15,16)17/h11-12,21H,3-10H2,1-2H3,(H,18,22). The molecule has 1 unspecified atom stereocenters. The van der Waals surface area contributed by atoms with Gasteiger partial charge in [0.1, 0.15) is 6.54 Å². The van der Waals surface area contributed by atoms with Crippen molar-refractivity contribution in [3.63, 3.8) is 0 Å². The zero-order valence-electron chi connectivity index (χ0n) is 13.2. The van der Waals surface area contributed by atoms with E-state index in [-0.39, 0.29) is 12.6 Å². The number of piperidine rings is 1. The highest BCUT2D eigenvalue weighted by Gasteiger charge is 2.28. The summed E-state index contributed by atoms with van der Waals surface area (Å²) in [7, 11) is 1.75. The maximum Gasteiger partial charge on any atom is 0.405 e. The molecule has 8 heteroatoms. The number of β-amino-alcohol motifs (C(OH)–C–C–N with tert-alkyl or cyclic N) is 1. The van der Waals surface area contributed by atoms with E-state index in [1.807, 2.05) is 5.32 Å². The van der Waals surface area contributed by atoms with Crippen LogP contribution in [0.25, 0.3) is 0 Å². The number of halogens is 3. The molecular formula is C14H26F3N3O2. The molecule has 0 spiro atoms. The van der Waals surface area contributed by atoms with Crippen molar-refractivity contribution in [1.29, 1.82) is 0 Å². The SMILES string of the molecule is CC(O)CN1CCC(CN(C)CC(=O)NCC(F)(F)F)CC1. The molecule has 1 aliphatic heterocycles. The minimum atomic E-state index is -4.37. The van der Waals surface area contributed by atoms with Crippen molar-refractivity contribution in [1.82, 2.24) is 15.1 Å². The van der Waals surface area contributed by atoms with Gasteiger partial charge in [0.05, 0.1) is 12.6 Å². The van der Waals surface area contributed by atoms with E-state index in [0.717, 1.165) is 25.9 Å². The summed E-state index contributed by atoms with van der Waals surface area (Å²) < 4.78 is 36.0. The lowest BCUT2D eigenvalue weighted by molar-refractivity contribution is -0.139. The van der Waals surface area contributed by atoms with Gasteiger partial charge in [-0.2, -0.15) is 13.2 Å². The van der Waals surface area contributed by atoms with Gasteiger partial charge in [-0.25, -0.2) is 0 Å². The first-order chi connectivity index (χ1) is 10.2. The van der Waals surface area contributed by atoms with Crippen LogP contribution >= 0.6 is 0 Å². The molecule has 1 aliphatic rings. The first-order valence-electron chi connectivity index (χ1n) is 7.58. The van der Waals surface area contributed by atoms with Crippen LogP contribution in [0.2, 0.25) is 0 Å². The van der Waals surface area contributed by atoms with Gasteiger partial charge in [0.2, 0.25) is 5.91 Å². The molecule has 1 amide bonds. The molecule has 0 aromatic carbocycles. The van der Waals surface area contributed by atoms with E-state index in [1.54, 1.807) is 18.9 Å². The molecule has 1 rings (SSSR count). The van der Waals surface area contributed by atoms with Gasteiger partial charge >= 0.3 is 6.18 Å². The predicted molar refractivity (Wildman–Crippen MR) is 77.4 cm³/mol. The topological polar surface area (TPSA) is 55.8 Å². The lowest BCUT2D eigenvalue weighted by atomic mass is 9.96. The fourth-order valence-corrected chi connectivity index (χ4v) is 2.73. The van der Waals surface area contributed by atoms with Crippen LogP contribution in [-0.4, -0.2) is 79.4 Å². The number of aliphatic hydroxyl groups is 1. The Morgan fingerprint density at radius 1 is 1.41 bits per heavy atom. The van der Waals surface area contributed by atoms with Gasteiger partial charge in [-0.3, -0.25) is 9.69 Å². The zero-order chi connectivity index (χ0) is 16.8. The smallest absolute Gasteiger partial charge is 0.392 e. The van der Waals surface area contributed by atoms with Gasteiger partial charge in [0, 0.05) is 13.1 Å². The van der Waals surface area contributed by atoms with Gasteiger partial charge in [-0.1, -0.05) is 0 Å². The summed E-state index contributed by atoms with van der Waals surface area (Å²) in [5, 5.41) is 11.2. The highest BCUT2D eigenvalue weighted by Crippen LogP contribution is 2.18.